The van der Waals surface area contributed by atoms with E-state index in [2.05, 4.69) is 30.1 Å². The molecule has 0 saturated heterocycles. The van der Waals surface area contributed by atoms with Gasteiger partial charge >= 0.3 is 0 Å². The first-order chi connectivity index (χ1) is 28.0. The maximum absolute atomic E-state index is 6.66. The molecule has 280 valence electrons. The van der Waals surface area contributed by atoms with Crippen LogP contribution in [-0.2, 0) is 19.9 Å². The monoisotopic (exact) mass is 771 g/mol. The van der Waals surface area contributed by atoms with Gasteiger partial charge in [0.2, 0.25) is 6.20 Å². The SMILES string of the molecule is C[n+]1cc(Cc2nc(-c3cccc(Oc4ccc5[nH]ccc5c4)c3)n[nH]2)cn1O[C@@H](Cc1cncs1)c1cnc(-c2cccc(Oc3ccc4[nH]ccc4c3)c2)[nH]1. The summed E-state index contributed by atoms with van der Waals surface area (Å²) in [6, 6.07) is 31.7. The number of benzene rings is 4. The largest absolute Gasteiger partial charge is 0.457 e. The van der Waals surface area contributed by atoms with Gasteiger partial charge in [0.15, 0.2) is 19.0 Å². The lowest BCUT2D eigenvalue weighted by molar-refractivity contribution is -0.780. The molecule has 1 atom stereocenters. The lowest BCUT2D eigenvalue weighted by Gasteiger charge is -2.14. The number of H-pyrrole nitrogens is 4. The zero-order valence-electron chi connectivity index (χ0n) is 30.6. The maximum Gasteiger partial charge on any atom is 0.202 e. The zero-order valence-corrected chi connectivity index (χ0v) is 31.4. The van der Waals surface area contributed by atoms with Crippen molar-refractivity contribution in [1.29, 1.82) is 0 Å². The molecule has 0 fully saturated rings. The molecule has 14 heteroatoms. The van der Waals surface area contributed by atoms with E-state index >= 15 is 0 Å². The van der Waals surface area contributed by atoms with Crippen LogP contribution in [0.3, 0.4) is 0 Å². The lowest BCUT2D eigenvalue weighted by atomic mass is 10.2. The highest BCUT2D eigenvalue weighted by Gasteiger charge is 2.23. The second-order valence-corrected chi connectivity index (χ2v) is 14.6. The van der Waals surface area contributed by atoms with Crippen LogP contribution >= 0.6 is 11.3 Å². The molecule has 0 aliphatic heterocycles. The van der Waals surface area contributed by atoms with Gasteiger partial charge in [-0.15, -0.1) is 11.3 Å². The number of aromatic amines is 4. The number of ether oxygens (including phenoxy) is 2. The number of nitrogens with one attached hydrogen (secondary N) is 4. The summed E-state index contributed by atoms with van der Waals surface area (Å²) in [5, 5.41) is 9.81. The van der Waals surface area contributed by atoms with Crippen LogP contribution in [0.15, 0.2) is 140 Å². The van der Waals surface area contributed by atoms with E-state index in [1.165, 1.54) is 0 Å². The first kappa shape index (κ1) is 34.1. The Morgan fingerprint density at radius 3 is 2.21 bits per heavy atom. The third kappa shape index (κ3) is 7.36. The van der Waals surface area contributed by atoms with Crippen molar-refractivity contribution in [3.8, 4) is 45.8 Å². The highest BCUT2D eigenvalue weighted by molar-refractivity contribution is 7.09. The van der Waals surface area contributed by atoms with E-state index in [1.807, 2.05) is 151 Å². The van der Waals surface area contributed by atoms with Crippen LogP contribution in [0.5, 0.6) is 23.0 Å². The number of thiazole rings is 1. The van der Waals surface area contributed by atoms with Crippen LogP contribution in [-0.4, -0.2) is 44.9 Å². The normalized spacial score (nSPS) is 12.0. The van der Waals surface area contributed by atoms with Crippen LogP contribution in [0.1, 0.15) is 28.1 Å². The molecule has 13 nitrogen and oxygen atoms in total. The van der Waals surface area contributed by atoms with Crippen molar-refractivity contribution in [3.05, 3.63) is 162 Å². The Morgan fingerprint density at radius 1 is 0.789 bits per heavy atom. The third-order valence-electron chi connectivity index (χ3n) is 9.61. The summed E-state index contributed by atoms with van der Waals surface area (Å²) in [6.45, 7) is 0. The minimum Gasteiger partial charge on any atom is -0.457 e. The van der Waals surface area contributed by atoms with Crippen LogP contribution in [0.2, 0.25) is 0 Å². The van der Waals surface area contributed by atoms with Gasteiger partial charge in [0, 0.05) is 74.1 Å². The summed E-state index contributed by atoms with van der Waals surface area (Å²) in [4.78, 5) is 33.3. The Kier molecular flexibility index (Phi) is 8.76. The maximum atomic E-state index is 6.66. The summed E-state index contributed by atoms with van der Waals surface area (Å²) in [7, 11) is 1.94. The molecule has 0 spiro atoms. The number of rotatable bonds is 13. The van der Waals surface area contributed by atoms with Crippen molar-refractivity contribution in [3.63, 3.8) is 0 Å². The van der Waals surface area contributed by atoms with Crippen LogP contribution in [0, 0.1) is 0 Å². The fourth-order valence-corrected chi connectivity index (χ4v) is 7.46. The summed E-state index contributed by atoms with van der Waals surface area (Å²) in [6.07, 6.45) is 12.2. The molecule has 0 aliphatic carbocycles. The highest BCUT2D eigenvalue weighted by atomic mass is 32.1. The van der Waals surface area contributed by atoms with Crippen LogP contribution < -0.4 is 19.0 Å². The Hall–Kier alpha value is -7.45. The average Bonchev–Trinajstić information content (AvgIpc) is 4.08. The minimum absolute atomic E-state index is 0.387. The molecule has 6 aromatic heterocycles. The number of imidazole rings is 1. The van der Waals surface area contributed by atoms with Crippen molar-refractivity contribution < 1.29 is 19.0 Å². The molecule has 0 radical (unpaired) electrons. The number of hydrogen-bond donors (Lipinski definition) is 4. The smallest absolute Gasteiger partial charge is 0.202 e. The summed E-state index contributed by atoms with van der Waals surface area (Å²) >= 11 is 1.59. The van der Waals surface area contributed by atoms with E-state index in [9.17, 15) is 0 Å². The third-order valence-corrected chi connectivity index (χ3v) is 10.4. The van der Waals surface area contributed by atoms with Gasteiger partial charge in [-0.05, 0) is 72.8 Å². The number of fused-ring (bicyclic) bond motifs is 2. The quantitative estimate of drug-likeness (QED) is 0.0859. The van der Waals surface area contributed by atoms with Gasteiger partial charge in [-0.2, -0.15) is 5.10 Å². The van der Waals surface area contributed by atoms with E-state index in [4.69, 9.17) is 24.3 Å². The van der Waals surface area contributed by atoms with Crippen LogP contribution in [0.4, 0.5) is 0 Å². The molecule has 57 heavy (non-hydrogen) atoms. The van der Waals surface area contributed by atoms with E-state index in [0.717, 1.165) is 66.4 Å². The van der Waals surface area contributed by atoms with Gasteiger partial charge in [0.1, 0.15) is 40.8 Å². The fourth-order valence-electron chi connectivity index (χ4n) is 6.83. The summed E-state index contributed by atoms with van der Waals surface area (Å²) in [5.41, 5.74) is 7.52. The van der Waals surface area contributed by atoms with Gasteiger partial charge < -0.3 is 29.3 Å². The lowest BCUT2D eigenvalue weighted by Crippen LogP contribution is -2.43. The second-order valence-electron chi connectivity index (χ2n) is 13.7. The predicted molar refractivity (Wildman–Crippen MR) is 216 cm³/mol. The standard InChI is InChI=1S/C43H35N10O3S/c1-52-24-27(16-41-49-43(51-50-41)31-5-3-7-33(20-31)55-35-9-11-38-29(18-35)13-15-46-38)25-53(52)56-40(21-36-22-44-26-57-36)39-23-47-42(48-39)30-4-2-6-32(19-30)54-34-8-10-37-28(17-34)12-14-45-37/h2-15,17-20,22-26,40,45-46H,16,21H2,1H3,(H,47,48)(H,49,50,51)/q+1/t40-/m0/s1. The average molecular weight is 772 g/mol. The molecule has 4 aromatic carbocycles. The Bertz CT molecular complexity index is 2960. The van der Waals surface area contributed by atoms with Gasteiger partial charge in [0.05, 0.1) is 23.0 Å². The molecule has 6 heterocycles. The van der Waals surface area contributed by atoms with Crippen molar-refractivity contribution >= 4 is 33.1 Å². The molecule has 0 unspecified atom stereocenters. The van der Waals surface area contributed by atoms with Gasteiger partial charge in [-0.1, -0.05) is 28.9 Å². The number of aryl methyl sites for hydroxylation is 1. The molecular weight excluding hydrogens is 737 g/mol. The molecule has 0 saturated carbocycles. The van der Waals surface area contributed by atoms with E-state index in [1.54, 1.807) is 16.2 Å². The molecule has 10 aromatic rings. The second kappa shape index (κ2) is 14.7. The molecular formula is C43H35N10O3S+. The van der Waals surface area contributed by atoms with Gasteiger partial charge in [-0.25, -0.2) is 9.97 Å². The number of hydrogen-bond acceptors (Lipinski definition) is 8. The van der Waals surface area contributed by atoms with Crippen LogP contribution in [0.25, 0.3) is 44.6 Å². The Labute approximate surface area is 329 Å². The van der Waals surface area contributed by atoms with E-state index in [0.29, 0.717) is 36.0 Å². The van der Waals surface area contributed by atoms with Crippen molar-refractivity contribution in [2.45, 2.75) is 18.9 Å². The first-order valence-corrected chi connectivity index (χ1v) is 19.2. The Morgan fingerprint density at radius 2 is 1.49 bits per heavy atom. The van der Waals surface area contributed by atoms with Gasteiger partial charge in [0.25, 0.3) is 0 Å². The van der Waals surface area contributed by atoms with Gasteiger partial charge in [-0.3, -0.25) is 10.1 Å². The van der Waals surface area contributed by atoms with Crippen molar-refractivity contribution in [2.75, 3.05) is 0 Å². The summed E-state index contributed by atoms with van der Waals surface area (Å²) in [5.74, 6) is 4.97. The topological polar surface area (TPSA) is 151 Å². The highest BCUT2D eigenvalue weighted by Crippen LogP contribution is 2.31. The minimum atomic E-state index is -0.387. The molecule has 0 aliphatic rings. The first-order valence-electron chi connectivity index (χ1n) is 18.3. The fraction of sp³-hybridized carbons (Fsp3) is 0.0930. The predicted octanol–water partition coefficient (Wildman–Crippen LogP) is 8.49. The zero-order chi connectivity index (χ0) is 38.1. The molecule has 4 N–H and O–H groups in total. The number of nitrogens with zero attached hydrogens (tertiary/aromatic N) is 6. The molecule has 0 amide bonds. The summed E-state index contributed by atoms with van der Waals surface area (Å²) < 4.78 is 14.3. The van der Waals surface area contributed by atoms with E-state index < -0.39 is 0 Å². The van der Waals surface area contributed by atoms with E-state index in [-0.39, 0.29) is 6.10 Å². The van der Waals surface area contributed by atoms with Crippen molar-refractivity contribution in [1.82, 2.24) is 44.9 Å². The van der Waals surface area contributed by atoms with Crippen molar-refractivity contribution in [2.24, 2.45) is 7.05 Å². The molecule has 10 rings (SSSR count). The number of aromatic nitrogens is 10. The molecule has 0 bridgehead atoms. The Balaban J connectivity index is 0.840.